The van der Waals surface area contributed by atoms with Gasteiger partial charge in [0.15, 0.2) is 0 Å². The van der Waals surface area contributed by atoms with Gasteiger partial charge in [0.2, 0.25) is 15.9 Å². The third-order valence-electron chi connectivity index (χ3n) is 3.68. The fourth-order valence-corrected chi connectivity index (χ4v) is 3.26. The first-order valence-electron chi connectivity index (χ1n) is 6.72. The van der Waals surface area contributed by atoms with E-state index in [1.54, 1.807) is 13.1 Å². The Morgan fingerprint density at radius 3 is 2.50 bits per heavy atom. The van der Waals surface area contributed by atoms with Crippen LogP contribution in [0, 0.1) is 5.92 Å². The summed E-state index contributed by atoms with van der Waals surface area (Å²) in [7, 11) is -1.82. The van der Waals surface area contributed by atoms with Crippen molar-refractivity contribution in [3.05, 3.63) is 18.0 Å². The van der Waals surface area contributed by atoms with Crippen LogP contribution in [-0.4, -0.2) is 71.7 Å². The molecule has 1 saturated heterocycles. The highest BCUT2D eigenvalue weighted by molar-refractivity contribution is 7.88. The van der Waals surface area contributed by atoms with Gasteiger partial charge in [0, 0.05) is 39.4 Å². The van der Waals surface area contributed by atoms with Crippen molar-refractivity contribution < 1.29 is 18.0 Å². The van der Waals surface area contributed by atoms with Gasteiger partial charge < -0.3 is 10.6 Å². The summed E-state index contributed by atoms with van der Waals surface area (Å²) in [5.74, 6) is -1.67. The lowest BCUT2D eigenvalue weighted by Gasteiger charge is -2.22. The minimum absolute atomic E-state index is 0.0106. The van der Waals surface area contributed by atoms with Crippen LogP contribution in [0.25, 0.3) is 0 Å². The molecular weight excluding hydrogens is 310 g/mol. The number of sulfonamides is 1. The molecule has 0 spiro atoms. The van der Waals surface area contributed by atoms with Crippen molar-refractivity contribution in [2.45, 2.75) is 0 Å². The number of nitrogens with two attached hydrogens (primary N) is 1. The van der Waals surface area contributed by atoms with Gasteiger partial charge in [-0.1, -0.05) is 0 Å². The molecule has 2 rings (SSSR count). The molecule has 1 aromatic heterocycles. The summed E-state index contributed by atoms with van der Waals surface area (Å²) < 4.78 is 26.1. The Kier molecular flexibility index (Phi) is 4.52. The molecule has 0 aliphatic carbocycles. The topological polar surface area (TPSA) is 119 Å². The number of primary amides is 1. The number of rotatable bonds is 3. The summed E-state index contributed by atoms with van der Waals surface area (Å²) >= 11 is 0. The van der Waals surface area contributed by atoms with Gasteiger partial charge >= 0.3 is 0 Å². The molecule has 0 aromatic carbocycles. The summed E-state index contributed by atoms with van der Waals surface area (Å²) in [4.78, 5) is 25.5. The number of hydrogen-bond donors (Lipinski definition) is 1. The third-order valence-corrected chi connectivity index (χ3v) is 4.95. The second kappa shape index (κ2) is 6.05. The molecule has 1 aromatic rings. The van der Waals surface area contributed by atoms with Crippen LogP contribution in [0.5, 0.6) is 0 Å². The molecule has 0 saturated carbocycles. The molecule has 22 heavy (non-hydrogen) atoms. The van der Waals surface area contributed by atoms with Gasteiger partial charge in [0.1, 0.15) is 5.69 Å². The Hall–Kier alpha value is -1.94. The van der Waals surface area contributed by atoms with Crippen molar-refractivity contribution in [3.63, 3.8) is 0 Å². The number of nitrogens with zero attached hydrogens (tertiary/aromatic N) is 4. The lowest BCUT2D eigenvalue weighted by atomic mass is 10.1. The normalized spacial score (nSPS) is 20.6. The minimum atomic E-state index is -3.46. The number of carbonyl (C=O) groups excluding carboxylic acids is 2. The molecular formula is C12H19N5O4S. The van der Waals surface area contributed by atoms with E-state index in [0.717, 1.165) is 6.26 Å². The third kappa shape index (κ3) is 3.45. The Bertz CT molecular complexity index is 683. The fourth-order valence-electron chi connectivity index (χ4n) is 2.40. The maximum atomic E-state index is 12.5. The maximum absolute atomic E-state index is 12.5. The predicted octanol–water partition coefficient (Wildman–Crippen LogP) is -1.76. The van der Waals surface area contributed by atoms with Crippen molar-refractivity contribution in [2.75, 3.05) is 32.4 Å². The van der Waals surface area contributed by atoms with Crippen LogP contribution in [-0.2, 0) is 21.9 Å². The van der Waals surface area contributed by atoms with Gasteiger partial charge in [-0.25, -0.2) is 8.42 Å². The molecule has 122 valence electrons. The molecule has 0 radical (unpaired) electrons. The molecule has 2 heterocycles. The quantitative estimate of drug-likeness (QED) is 0.704. The van der Waals surface area contributed by atoms with Crippen molar-refractivity contribution in [3.8, 4) is 0 Å². The molecule has 0 unspecified atom stereocenters. The summed E-state index contributed by atoms with van der Waals surface area (Å²) in [6.07, 6.45) is 2.57. The predicted molar refractivity (Wildman–Crippen MR) is 78.2 cm³/mol. The van der Waals surface area contributed by atoms with Crippen molar-refractivity contribution in [1.29, 1.82) is 0 Å². The van der Waals surface area contributed by atoms with Crippen LogP contribution in [0.2, 0.25) is 0 Å². The van der Waals surface area contributed by atoms with Gasteiger partial charge in [-0.3, -0.25) is 14.3 Å². The first-order chi connectivity index (χ1) is 10.2. The number of aryl methyl sites for hydroxylation is 1. The first kappa shape index (κ1) is 16.4. The lowest BCUT2D eigenvalue weighted by molar-refractivity contribution is -0.122. The van der Waals surface area contributed by atoms with Crippen LogP contribution >= 0.6 is 0 Å². The van der Waals surface area contributed by atoms with Crippen molar-refractivity contribution in [1.82, 2.24) is 19.0 Å². The first-order valence-corrected chi connectivity index (χ1v) is 8.56. The SMILES string of the molecule is Cn1nccc1C(=O)N1CCN(S(C)(=O)=O)C[C@H](C(N)=O)C1. The number of aromatic nitrogens is 2. The molecule has 1 fully saturated rings. The smallest absolute Gasteiger partial charge is 0.272 e. The van der Waals surface area contributed by atoms with Crippen LogP contribution in [0.4, 0.5) is 0 Å². The van der Waals surface area contributed by atoms with E-state index in [4.69, 9.17) is 5.73 Å². The zero-order chi connectivity index (χ0) is 16.5. The zero-order valence-electron chi connectivity index (χ0n) is 12.5. The van der Waals surface area contributed by atoms with E-state index in [1.165, 1.54) is 20.1 Å². The molecule has 1 aliphatic heterocycles. The summed E-state index contributed by atoms with van der Waals surface area (Å²) in [6.45, 7) is 0.405. The highest BCUT2D eigenvalue weighted by Crippen LogP contribution is 2.15. The highest BCUT2D eigenvalue weighted by atomic mass is 32.2. The standard InChI is InChI=1S/C12H19N5O4S/c1-15-10(3-4-14-15)12(19)16-5-6-17(22(2,20)21)8-9(7-16)11(13)18/h3-4,9H,5-8H2,1-2H3,(H2,13,18)/t9-/m1/s1. The largest absolute Gasteiger partial charge is 0.369 e. The van der Waals surface area contributed by atoms with Crippen LogP contribution in [0.15, 0.2) is 12.3 Å². The maximum Gasteiger partial charge on any atom is 0.272 e. The number of carbonyl (C=O) groups is 2. The number of amides is 2. The van der Waals surface area contributed by atoms with E-state index in [1.807, 2.05) is 0 Å². The van der Waals surface area contributed by atoms with Gasteiger partial charge in [-0.2, -0.15) is 9.40 Å². The molecule has 1 atom stereocenters. The van der Waals surface area contributed by atoms with Crippen LogP contribution in [0.3, 0.4) is 0 Å². The summed E-state index contributed by atoms with van der Waals surface area (Å²) in [5, 5.41) is 3.94. The minimum Gasteiger partial charge on any atom is -0.369 e. The Morgan fingerprint density at radius 1 is 1.32 bits per heavy atom. The zero-order valence-corrected chi connectivity index (χ0v) is 13.3. The van der Waals surface area contributed by atoms with E-state index >= 15 is 0 Å². The average Bonchev–Trinajstić information content (AvgIpc) is 2.71. The summed E-state index contributed by atoms with van der Waals surface area (Å²) in [6, 6.07) is 1.57. The van der Waals surface area contributed by atoms with E-state index in [-0.39, 0.29) is 32.1 Å². The highest BCUT2D eigenvalue weighted by Gasteiger charge is 2.33. The Morgan fingerprint density at radius 2 is 2.00 bits per heavy atom. The molecule has 2 N–H and O–H groups in total. The molecule has 1 aliphatic rings. The van der Waals surface area contributed by atoms with Gasteiger partial charge in [0.25, 0.3) is 5.91 Å². The second-order valence-electron chi connectivity index (χ2n) is 5.31. The van der Waals surface area contributed by atoms with Gasteiger partial charge in [-0.15, -0.1) is 0 Å². The number of hydrogen-bond acceptors (Lipinski definition) is 5. The summed E-state index contributed by atoms with van der Waals surface area (Å²) in [5.41, 5.74) is 5.71. The average molecular weight is 329 g/mol. The second-order valence-corrected chi connectivity index (χ2v) is 7.29. The Labute approximate surface area is 128 Å². The van der Waals surface area contributed by atoms with E-state index < -0.39 is 21.8 Å². The van der Waals surface area contributed by atoms with E-state index in [0.29, 0.717) is 5.69 Å². The van der Waals surface area contributed by atoms with Gasteiger partial charge in [0.05, 0.1) is 12.2 Å². The van der Waals surface area contributed by atoms with Crippen molar-refractivity contribution in [2.24, 2.45) is 18.7 Å². The van der Waals surface area contributed by atoms with Crippen molar-refractivity contribution >= 4 is 21.8 Å². The molecule has 0 bridgehead atoms. The monoisotopic (exact) mass is 329 g/mol. The van der Waals surface area contributed by atoms with Crippen LogP contribution in [0.1, 0.15) is 10.5 Å². The lowest BCUT2D eigenvalue weighted by Crippen LogP contribution is -2.41. The van der Waals surface area contributed by atoms with E-state index in [9.17, 15) is 18.0 Å². The molecule has 2 amide bonds. The molecule has 9 nitrogen and oxygen atoms in total. The van der Waals surface area contributed by atoms with E-state index in [2.05, 4.69) is 5.10 Å². The van der Waals surface area contributed by atoms with Crippen LogP contribution < -0.4 is 5.73 Å². The molecule has 10 heteroatoms. The van der Waals surface area contributed by atoms with Gasteiger partial charge in [-0.05, 0) is 6.07 Å². The fraction of sp³-hybridized carbons (Fsp3) is 0.583. The Balaban J connectivity index is 2.25.